The predicted octanol–water partition coefficient (Wildman–Crippen LogP) is 4.74. The highest BCUT2D eigenvalue weighted by Gasteiger charge is 2.35. The standard InChI is InChI=1S/C18H22Cl2N2O3/c1-4-5-9-13-14(17(23)25-10(2)3)16(22-18(24)21-13)11-7-6-8-12(19)15(11)20/h6-8,10,16H,4-5,9H2,1-3H3,(H2,21,22,24). The second kappa shape index (κ2) is 8.59. The van der Waals surface area contributed by atoms with Gasteiger partial charge in [0.25, 0.3) is 0 Å². The number of halogens is 2. The van der Waals surface area contributed by atoms with E-state index in [1.54, 1.807) is 32.0 Å². The zero-order valence-electron chi connectivity index (χ0n) is 14.5. The molecular formula is C18H22Cl2N2O3. The van der Waals surface area contributed by atoms with E-state index in [1.165, 1.54) is 0 Å². The minimum Gasteiger partial charge on any atom is -0.459 e. The number of esters is 1. The molecular weight excluding hydrogens is 363 g/mol. The van der Waals surface area contributed by atoms with Gasteiger partial charge < -0.3 is 15.4 Å². The smallest absolute Gasteiger partial charge is 0.338 e. The van der Waals surface area contributed by atoms with Gasteiger partial charge in [-0.2, -0.15) is 0 Å². The number of benzene rings is 1. The van der Waals surface area contributed by atoms with Crippen LogP contribution < -0.4 is 10.6 Å². The second-order valence-corrected chi connectivity index (χ2v) is 6.91. The molecule has 5 nitrogen and oxygen atoms in total. The number of urea groups is 1. The van der Waals surface area contributed by atoms with Crippen LogP contribution in [-0.4, -0.2) is 18.1 Å². The van der Waals surface area contributed by atoms with Crippen LogP contribution in [0.25, 0.3) is 0 Å². The second-order valence-electron chi connectivity index (χ2n) is 6.12. The fraction of sp³-hybridized carbons (Fsp3) is 0.444. The molecule has 1 aromatic carbocycles. The molecule has 1 aromatic rings. The van der Waals surface area contributed by atoms with E-state index in [9.17, 15) is 9.59 Å². The highest BCUT2D eigenvalue weighted by Crippen LogP contribution is 2.36. The zero-order valence-corrected chi connectivity index (χ0v) is 16.0. The lowest BCUT2D eigenvalue weighted by atomic mass is 9.93. The van der Waals surface area contributed by atoms with Crippen LogP contribution in [0.15, 0.2) is 29.5 Å². The molecule has 2 amide bonds. The molecule has 0 bridgehead atoms. The van der Waals surface area contributed by atoms with E-state index in [-0.39, 0.29) is 12.1 Å². The molecule has 0 saturated carbocycles. The number of hydrogen-bond donors (Lipinski definition) is 2. The van der Waals surface area contributed by atoms with Crippen LogP contribution >= 0.6 is 23.2 Å². The Morgan fingerprint density at radius 3 is 2.68 bits per heavy atom. The van der Waals surface area contributed by atoms with Crippen LogP contribution in [0.5, 0.6) is 0 Å². The van der Waals surface area contributed by atoms with Gasteiger partial charge in [-0.15, -0.1) is 0 Å². The van der Waals surface area contributed by atoms with Crippen molar-refractivity contribution in [3.05, 3.63) is 45.1 Å². The largest absolute Gasteiger partial charge is 0.459 e. The Hall–Kier alpha value is -1.72. The molecule has 0 aromatic heterocycles. The van der Waals surface area contributed by atoms with Crippen molar-refractivity contribution in [2.45, 2.75) is 52.2 Å². The summed E-state index contributed by atoms with van der Waals surface area (Å²) in [5, 5.41) is 6.17. The lowest BCUT2D eigenvalue weighted by Crippen LogP contribution is -2.46. The van der Waals surface area contributed by atoms with Crippen LogP contribution in [0.2, 0.25) is 10.0 Å². The number of rotatable bonds is 6. The first-order valence-electron chi connectivity index (χ1n) is 8.30. The average Bonchev–Trinajstić information content (AvgIpc) is 2.54. The number of amides is 2. The normalized spacial score (nSPS) is 17.4. The maximum absolute atomic E-state index is 12.7. The van der Waals surface area contributed by atoms with Crippen LogP contribution in [0, 0.1) is 0 Å². The highest BCUT2D eigenvalue weighted by molar-refractivity contribution is 6.42. The van der Waals surface area contributed by atoms with Crippen molar-refractivity contribution < 1.29 is 14.3 Å². The van der Waals surface area contributed by atoms with Gasteiger partial charge in [-0.05, 0) is 38.3 Å². The first-order valence-corrected chi connectivity index (χ1v) is 9.06. The summed E-state index contributed by atoms with van der Waals surface area (Å²) in [5.41, 5.74) is 1.50. The third-order valence-corrected chi connectivity index (χ3v) is 4.62. The van der Waals surface area contributed by atoms with Gasteiger partial charge in [-0.25, -0.2) is 9.59 Å². The molecule has 1 aliphatic heterocycles. The van der Waals surface area contributed by atoms with E-state index in [2.05, 4.69) is 10.6 Å². The quantitative estimate of drug-likeness (QED) is 0.695. The summed E-state index contributed by atoms with van der Waals surface area (Å²) < 4.78 is 5.39. The molecule has 1 unspecified atom stereocenters. The van der Waals surface area contributed by atoms with E-state index < -0.39 is 12.0 Å². The number of hydrogen-bond acceptors (Lipinski definition) is 3. The van der Waals surface area contributed by atoms with Crippen molar-refractivity contribution in [1.82, 2.24) is 10.6 Å². The maximum atomic E-state index is 12.7. The molecule has 0 spiro atoms. The Morgan fingerprint density at radius 1 is 1.32 bits per heavy atom. The Kier molecular flexibility index (Phi) is 6.73. The minimum atomic E-state index is -0.710. The number of ether oxygens (including phenoxy) is 1. The van der Waals surface area contributed by atoms with E-state index >= 15 is 0 Å². The maximum Gasteiger partial charge on any atom is 0.338 e. The van der Waals surface area contributed by atoms with Crippen molar-refractivity contribution in [2.75, 3.05) is 0 Å². The van der Waals surface area contributed by atoms with Gasteiger partial charge in [-0.3, -0.25) is 0 Å². The van der Waals surface area contributed by atoms with Crippen LogP contribution in [-0.2, 0) is 9.53 Å². The molecule has 1 heterocycles. The number of nitrogens with one attached hydrogen (secondary N) is 2. The van der Waals surface area contributed by atoms with E-state index in [4.69, 9.17) is 27.9 Å². The fourth-order valence-corrected chi connectivity index (χ4v) is 3.08. The van der Waals surface area contributed by atoms with Crippen LogP contribution in [0.4, 0.5) is 4.79 Å². The van der Waals surface area contributed by atoms with E-state index in [0.29, 0.717) is 33.3 Å². The molecule has 2 rings (SSSR count). The summed E-state index contributed by atoms with van der Waals surface area (Å²) in [6.07, 6.45) is 2.06. The van der Waals surface area contributed by atoms with Gasteiger partial charge in [-0.1, -0.05) is 48.7 Å². The lowest BCUT2D eigenvalue weighted by molar-refractivity contribution is -0.143. The van der Waals surface area contributed by atoms with E-state index in [1.807, 2.05) is 6.92 Å². The van der Waals surface area contributed by atoms with Gasteiger partial charge in [0.2, 0.25) is 0 Å². The summed E-state index contributed by atoms with van der Waals surface area (Å²) >= 11 is 12.4. The van der Waals surface area contributed by atoms with Gasteiger partial charge in [0, 0.05) is 5.70 Å². The Balaban J connectivity index is 2.55. The first-order chi connectivity index (χ1) is 11.8. The van der Waals surface area contributed by atoms with E-state index in [0.717, 1.165) is 12.8 Å². The average molecular weight is 385 g/mol. The number of carbonyl (C=O) groups excluding carboxylic acids is 2. The molecule has 0 fully saturated rings. The molecule has 1 atom stereocenters. The summed E-state index contributed by atoms with van der Waals surface area (Å²) in [4.78, 5) is 24.8. The monoisotopic (exact) mass is 384 g/mol. The molecule has 25 heavy (non-hydrogen) atoms. The zero-order chi connectivity index (χ0) is 18.6. The van der Waals surface area contributed by atoms with Crippen molar-refractivity contribution in [3.63, 3.8) is 0 Å². The van der Waals surface area contributed by atoms with Crippen LogP contribution in [0.1, 0.15) is 51.6 Å². The minimum absolute atomic E-state index is 0.277. The summed E-state index contributed by atoms with van der Waals surface area (Å²) in [7, 11) is 0. The predicted molar refractivity (Wildman–Crippen MR) is 98.6 cm³/mol. The third kappa shape index (κ3) is 4.67. The van der Waals surface area contributed by atoms with Crippen molar-refractivity contribution in [1.29, 1.82) is 0 Å². The number of allylic oxidation sites excluding steroid dienone is 1. The number of carbonyl (C=O) groups is 2. The van der Waals surface area contributed by atoms with Crippen molar-refractivity contribution >= 4 is 35.2 Å². The molecule has 136 valence electrons. The molecule has 0 radical (unpaired) electrons. The topological polar surface area (TPSA) is 67.4 Å². The number of unbranched alkanes of at least 4 members (excludes halogenated alkanes) is 1. The Labute approximate surface area is 157 Å². The summed E-state index contributed by atoms with van der Waals surface area (Å²) in [5.74, 6) is -0.477. The SMILES string of the molecule is CCCCC1=C(C(=O)OC(C)C)C(c2cccc(Cl)c2Cl)NC(=O)N1. The van der Waals surface area contributed by atoms with Gasteiger partial charge in [0.15, 0.2) is 0 Å². The molecule has 2 N–H and O–H groups in total. The molecule has 0 saturated heterocycles. The van der Waals surface area contributed by atoms with Gasteiger partial charge in [0.05, 0.1) is 27.8 Å². The Morgan fingerprint density at radius 2 is 2.04 bits per heavy atom. The first kappa shape index (κ1) is 19.6. The summed E-state index contributed by atoms with van der Waals surface area (Å²) in [6, 6.07) is 4.04. The summed E-state index contributed by atoms with van der Waals surface area (Å²) in [6.45, 7) is 5.60. The van der Waals surface area contributed by atoms with Crippen molar-refractivity contribution in [2.24, 2.45) is 0 Å². The van der Waals surface area contributed by atoms with Gasteiger partial charge in [0.1, 0.15) is 0 Å². The molecule has 7 heteroatoms. The Bertz CT molecular complexity index is 702. The van der Waals surface area contributed by atoms with Gasteiger partial charge >= 0.3 is 12.0 Å². The molecule has 0 aliphatic carbocycles. The highest BCUT2D eigenvalue weighted by atomic mass is 35.5. The fourth-order valence-electron chi connectivity index (χ4n) is 2.66. The van der Waals surface area contributed by atoms with Crippen LogP contribution in [0.3, 0.4) is 0 Å². The lowest BCUT2D eigenvalue weighted by Gasteiger charge is -2.30. The van der Waals surface area contributed by atoms with Crippen molar-refractivity contribution in [3.8, 4) is 0 Å². The molecule has 1 aliphatic rings. The third-order valence-electron chi connectivity index (χ3n) is 3.79.